The molecular formula is C19H28BrNO2. The fraction of sp³-hybridized carbons (Fsp3) is 0.842. The summed E-state index contributed by atoms with van der Waals surface area (Å²) in [6.07, 6.45) is 9.33. The summed E-state index contributed by atoms with van der Waals surface area (Å²) in [5.41, 5.74) is 0.0218. The van der Waals surface area contributed by atoms with E-state index in [1.54, 1.807) is 0 Å². The van der Waals surface area contributed by atoms with Crippen LogP contribution < -0.4 is 0 Å². The minimum Gasteiger partial charge on any atom is -0.375 e. The Balaban J connectivity index is 1.70. The predicted molar refractivity (Wildman–Crippen MR) is 94.2 cm³/mol. The van der Waals surface area contributed by atoms with Gasteiger partial charge in [0.15, 0.2) is 5.78 Å². The van der Waals surface area contributed by atoms with Crippen LogP contribution in [0.5, 0.6) is 0 Å². The summed E-state index contributed by atoms with van der Waals surface area (Å²) in [6, 6.07) is 0.421. The van der Waals surface area contributed by atoms with Crippen LogP contribution in [-0.4, -0.2) is 39.9 Å². The van der Waals surface area contributed by atoms with Gasteiger partial charge in [-0.05, 0) is 63.0 Å². The lowest BCUT2D eigenvalue weighted by atomic mass is 9.48. The molecule has 3 saturated carbocycles. The molecule has 1 N–H and O–H groups in total. The Kier molecular flexibility index (Phi) is 3.65. The van der Waals surface area contributed by atoms with Crippen molar-refractivity contribution in [2.45, 2.75) is 63.0 Å². The molecule has 0 aromatic heterocycles. The van der Waals surface area contributed by atoms with Gasteiger partial charge in [0, 0.05) is 16.9 Å². The van der Waals surface area contributed by atoms with Crippen molar-refractivity contribution in [3.63, 3.8) is 0 Å². The second-order valence-electron chi connectivity index (χ2n) is 8.80. The first-order valence-corrected chi connectivity index (χ1v) is 9.98. The van der Waals surface area contributed by atoms with Crippen LogP contribution in [0.2, 0.25) is 0 Å². The van der Waals surface area contributed by atoms with E-state index in [-0.39, 0.29) is 15.7 Å². The Hall–Kier alpha value is -0.190. The van der Waals surface area contributed by atoms with Gasteiger partial charge in [-0.15, -0.1) is 0 Å². The van der Waals surface area contributed by atoms with E-state index in [0.29, 0.717) is 29.6 Å². The minimum atomic E-state index is -0.446. The summed E-state index contributed by atoms with van der Waals surface area (Å²) in [7, 11) is 2.05. The Morgan fingerprint density at radius 3 is 2.74 bits per heavy atom. The van der Waals surface area contributed by atoms with E-state index >= 15 is 0 Å². The molecule has 0 aromatic carbocycles. The molecule has 4 aliphatic rings. The number of halogens is 1. The number of aliphatic hydroxyl groups excluding tert-OH is 1. The summed E-state index contributed by atoms with van der Waals surface area (Å²) >= 11 is 3.64. The zero-order chi connectivity index (χ0) is 16.6. The number of nitrogens with zero attached hydrogens (tertiary/aromatic N) is 1. The molecule has 3 aliphatic carbocycles. The van der Waals surface area contributed by atoms with Crippen molar-refractivity contribution in [1.29, 1.82) is 0 Å². The van der Waals surface area contributed by atoms with E-state index < -0.39 is 6.23 Å². The average molecular weight is 382 g/mol. The maximum atomic E-state index is 12.7. The number of ketones is 1. The Labute approximate surface area is 147 Å². The van der Waals surface area contributed by atoms with Crippen LogP contribution in [-0.2, 0) is 4.79 Å². The second kappa shape index (κ2) is 5.15. The first kappa shape index (κ1) is 16.3. The molecule has 3 fully saturated rings. The molecule has 0 amide bonds. The van der Waals surface area contributed by atoms with Crippen molar-refractivity contribution in [3.05, 3.63) is 12.2 Å². The Morgan fingerprint density at radius 2 is 2.00 bits per heavy atom. The molecule has 8 atom stereocenters. The van der Waals surface area contributed by atoms with E-state index in [1.165, 1.54) is 6.42 Å². The summed E-state index contributed by atoms with van der Waals surface area (Å²) in [5, 5.41) is 10.2. The summed E-state index contributed by atoms with van der Waals surface area (Å²) in [5.74, 6) is 2.26. The van der Waals surface area contributed by atoms with Crippen LogP contribution in [0.25, 0.3) is 0 Å². The van der Waals surface area contributed by atoms with E-state index in [2.05, 4.69) is 47.8 Å². The molecule has 128 valence electrons. The van der Waals surface area contributed by atoms with Crippen LogP contribution >= 0.6 is 15.9 Å². The third-order valence-corrected chi connectivity index (χ3v) is 8.75. The number of alkyl halides is 1. The standard InChI is InChI=1S/C19H28BrNO2/c1-18-9-7-16(22)21(3)15(18)5-4-11-12(18)6-8-19(2)13(11)10-14(20)17(19)23/h7,9,11-16,22H,4-6,8,10H2,1-3H3/t11?,12?,13?,14-,15-,16?,18-,19+/m1/s1. The molecular weight excluding hydrogens is 354 g/mol. The van der Waals surface area contributed by atoms with Crippen molar-refractivity contribution >= 4 is 21.7 Å². The quantitative estimate of drug-likeness (QED) is 0.516. The minimum absolute atomic E-state index is 0.0631. The normalized spacial score (nSPS) is 56.1. The molecule has 0 spiro atoms. The van der Waals surface area contributed by atoms with E-state index in [1.807, 2.05) is 6.08 Å². The van der Waals surface area contributed by atoms with Crippen LogP contribution in [0.15, 0.2) is 12.2 Å². The number of likely N-dealkylation sites (N-methyl/N-ethyl adjacent to an activating group) is 1. The largest absolute Gasteiger partial charge is 0.375 e. The lowest BCUT2D eigenvalue weighted by Gasteiger charge is -2.60. The highest BCUT2D eigenvalue weighted by molar-refractivity contribution is 9.10. The van der Waals surface area contributed by atoms with Crippen molar-refractivity contribution in [1.82, 2.24) is 4.90 Å². The van der Waals surface area contributed by atoms with Crippen molar-refractivity contribution in [3.8, 4) is 0 Å². The highest BCUT2D eigenvalue weighted by atomic mass is 79.9. The number of hydrogen-bond donors (Lipinski definition) is 1. The summed E-state index contributed by atoms with van der Waals surface area (Å²) in [4.78, 5) is 14.9. The highest BCUT2D eigenvalue weighted by Crippen LogP contribution is 2.63. The van der Waals surface area contributed by atoms with Gasteiger partial charge in [0.25, 0.3) is 0 Å². The van der Waals surface area contributed by atoms with Crippen LogP contribution in [0.3, 0.4) is 0 Å². The number of carbonyl (C=O) groups excluding carboxylic acids is 1. The monoisotopic (exact) mass is 381 g/mol. The Bertz CT molecular complexity index is 564. The fourth-order valence-corrected chi connectivity index (χ4v) is 7.54. The molecule has 0 radical (unpaired) electrons. The number of hydrogen-bond acceptors (Lipinski definition) is 3. The van der Waals surface area contributed by atoms with Crippen LogP contribution in [0, 0.1) is 28.6 Å². The molecule has 0 aromatic rings. The molecule has 3 nitrogen and oxygen atoms in total. The zero-order valence-corrected chi connectivity index (χ0v) is 15.9. The molecule has 23 heavy (non-hydrogen) atoms. The SMILES string of the molecule is CN1C(O)C=C[C@]2(C)C3CC[C@]4(C)C(=O)[C@H](Br)CC4C3CC[C@@H]12. The topological polar surface area (TPSA) is 40.5 Å². The molecule has 4 rings (SSSR count). The van der Waals surface area contributed by atoms with Gasteiger partial charge in [-0.3, -0.25) is 9.69 Å². The molecule has 1 aliphatic heterocycles. The van der Waals surface area contributed by atoms with E-state index in [4.69, 9.17) is 0 Å². The molecule has 0 saturated heterocycles. The van der Waals surface area contributed by atoms with Crippen molar-refractivity contribution in [2.75, 3.05) is 7.05 Å². The average Bonchev–Trinajstić information content (AvgIpc) is 2.75. The maximum absolute atomic E-state index is 12.7. The lowest BCUT2D eigenvalue weighted by molar-refractivity contribution is -0.138. The van der Waals surface area contributed by atoms with Gasteiger partial charge in [-0.25, -0.2) is 0 Å². The summed E-state index contributed by atoms with van der Waals surface area (Å²) in [6.45, 7) is 4.61. The molecule has 1 heterocycles. The van der Waals surface area contributed by atoms with Crippen LogP contribution in [0.1, 0.15) is 46.0 Å². The smallest absolute Gasteiger partial charge is 0.152 e. The van der Waals surface area contributed by atoms with Gasteiger partial charge < -0.3 is 5.11 Å². The van der Waals surface area contributed by atoms with Gasteiger partial charge >= 0.3 is 0 Å². The van der Waals surface area contributed by atoms with Crippen LogP contribution in [0.4, 0.5) is 0 Å². The lowest BCUT2D eigenvalue weighted by Crippen LogP contribution is -2.60. The molecule has 4 unspecified atom stereocenters. The van der Waals surface area contributed by atoms with Gasteiger partial charge in [0.2, 0.25) is 0 Å². The first-order chi connectivity index (χ1) is 10.8. The predicted octanol–water partition coefficient (Wildman–Crippen LogP) is 3.36. The van der Waals surface area contributed by atoms with Crippen molar-refractivity contribution < 1.29 is 9.90 Å². The number of rotatable bonds is 0. The van der Waals surface area contributed by atoms with Gasteiger partial charge in [-0.2, -0.15) is 0 Å². The zero-order valence-electron chi connectivity index (χ0n) is 14.3. The van der Waals surface area contributed by atoms with Crippen molar-refractivity contribution in [2.24, 2.45) is 28.6 Å². The number of fused-ring (bicyclic) bond motifs is 5. The van der Waals surface area contributed by atoms with E-state index in [9.17, 15) is 9.90 Å². The third-order valence-electron chi connectivity index (χ3n) is 7.96. The highest BCUT2D eigenvalue weighted by Gasteiger charge is 2.62. The van der Waals surface area contributed by atoms with Gasteiger partial charge in [0.1, 0.15) is 6.23 Å². The molecule has 0 bridgehead atoms. The summed E-state index contributed by atoms with van der Waals surface area (Å²) < 4.78 is 0. The van der Waals surface area contributed by atoms with Gasteiger partial charge in [-0.1, -0.05) is 35.9 Å². The van der Waals surface area contributed by atoms with E-state index in [0.717, 1.165) is 25.7 Å². The third kappa shape index (κ3) is 2.04. The number of carbonyl (C=O) groups is 1. The molecule has 4 heteroatoms. The van der Waals surface area contributed by atoms with Gasteiger partial charge in [0.05, 0.1) is 4.83 Å². The first-order valence-electron chi connectivity index (χ1n) is 9.07. The fourth-order valence-electron chi connectivity index (χ4n) is 6.61. The number of Topliss-reactive ketones (excluding diaryl/α,β-unsaturated/α-hetero) is 1. The maximum Gasteiger partial charge on any atom is 0.152 e. The number of aliphatic hydroxyl groups is 1. The second-order valence-corrected chi connectivity index (χ2v) is 9.90. The Morgan fingerprint density at radius 1 is 1.26 bits per heavy atom.